The fourth-order valence-corrected chi connectivity index (χ4v) is 3.11. The van der Waals surface area contributed by atoms with Gasteiger partial charge in [-0.3, -0.25) is 4.79 Å². The summed E-state index contributed by atoms with van der Waals surface area (Å²) in [4.78, 5) is 14.4. The van der Waals surface area contributed by atoms with E-state index in [1.165, 1.54) is 12.8 Å². The number of amides is 1. The van der Waals surface area contributed by atoms with E-state index in [1.807, 2.05) is 0 Å². The monoisotopic (exact) mass is 238 g/mol. The minimum absolute atomic E-state index is 0.298. The van der Waals surface area contributed by atoms with Crippen molar-refractivity contribution in [1.82, 2.24) is 10.2 Å². The summed E-state index contributed by atoms with van der Waals surface area (Å²) < 4.78 is 0. The van der Waals surface area contributed by atoms with Crippen LogP contribution in [-0.4, -0.2) is 37.0 Å². The van der Waals surface area contributed by atoms with Crippen molar-refractivity contribution in [2.45, 2.75) is 39.5 Å². The van der Waals surface area contributed by atoms with Gasteiger partial charge < -0.3 is 10.2 Å². The van der Waals surface area contributed by atoms with Crippen molar-refractivity contribution in [2.75, 3.05) is 26.2 Å². The summed E-state index contributed by atoms with van der Waals surface area (Å²) >= 11 is 0. The Morgan fingerprint density at radius 2 is 1.71 bits per heavy atom. The number of carbonyl (C=O) groups is 1. The van der Waals surface area contributed by atoms with Crippen molar-refractivity contribution in [3.8, 4) is 0 Å². The van der Waals surface area contributed by atoms with Crippen LogP contribution in [0.3, 0.4) is 0 Å². The topological polar surface area (TPSA) is 32.3 Å². The van der Waals surface area contributed by atoms with E-state index in [0.717, 1.165) is 50.9 Å². The van der Waals surface area contributed by atoms with Gasteiger partial charge in [0, 0.05) is 19.0 Å². The lowest BCUT2D eigenvalue weighted by Gasteiger charge is -2.36. The molecule has 98 valence electrons. The molecule has 0 aromatic heterocycles. The first-order valence-corrected chi connectivity index (χ1v) is 7.18. The number of hydrogen-bond donors (Lipinski definition) is 1. The van der Waals surface area contributed by atoms with Crippen LogP contribution in [-0.2, 0) is 4.79 Å². The molecule has 0 aromatic carbocycles. The van der Waals surface area contributed by atoms with Crippen LogP contribution in [0.4, 0.5) is 0 Å². The first-order chi connectivity index (χ1) is 8.18. The number of hydrogen-bond acceptors (Lipinski definition) is 2. The smallest absolute Gasteiger partial charge is 0.225 e. The molecule has 2 saturated heterocycles. The molecule has 2 rings (SSSR count). The minimum Gasteiger partial charge on any atom is -0.342 e. The number of carbonyl (C=O) groups excluding carboxylic acids is 1. The standard InChI is InChI=1S/C14H26N2O/c1-11(2)12-5-9-16(10-6-12)14(17)13-3-7-15-8-4-13/h11-13,15H,3-10H2,1-2H3. The summed E-state index contributed by atoms with van der Waals surface area (Å²) in [6.45, 7) is 8.61. The van der Waals surface area contributed by atoms with Crippen LogP contribution in [0.15, 0.2) is 0 Å². The molecule has 2 fully saturated rings. The first-order valence-electron chi connectivity index (χ1n) is 7.18. The summed E-state index contributed by atoms with van der Waals surface area (Å²) in [5, 5.41) is 3.32. The Morgan fingerprint density at radius 3 is 2.24 bits per heavy atom. The van der Waals surface area contributed by atoms with Crippen LogP contribution < -0.4 is 5.32 Å². The zero-order valence-electron chi connectivity index (χ0n) is 11.2. The Kier molecular flexibility index (Phi) is 4.43. The van der Waals surface area contributed by atoms with E-state index in [9.17, 15) is 4.79 Å². The molecular weight excluding hydrogens is 212 g/mol. The number of nitrogens with zero attached hydrogens (tertiary/aromatic N) is 1. The molecule has 0 aromatic rings. The van der Waals surface area contributed by atoms with Gasteiger partial charge in [-0.2, -0.15) is 0 Å². The SMILES string of the molecule is CC(C)C1CCN(C(=O)C2CCNCC2)CC1. The van der Waals surface area contributed by atoms with Crippen molar-refractivity contribution in [3.05, 3.63) is 0 Å². The van der Waals surface area contributed by atoms with Crippen LogP contribution in [0, 0.1) is 17.8 Å². The lowest BCUT2D eigenvalue weighted by atomic mass is 9.86. The van der Waals surface area contributed by atoms with E-state index in [0.29, 0.717) is 11.8 Å². The molecular formula is C14H26N2O. The van der Waals surface area contributed by atoms with Crippen molar-refractivity contribution >= 4 is 5.91 Å². The van der Waals surface area contributed by atoms with Crippen molar-refractivity contribution in [1.29, 1.82) is 0 Å². The Balaban J connectivity index is 1.81. The zero-order chi connectivity index (χ0) is 12.3. The molecule has 2 aliphatic rings. The second-order valence-electron chi connectivity index (χ2n) is 5.93. The van der Waals surface area contributed by atoms with E-state index in [2.05, 4.69) is 24.1 Å². The van der Waals surface area contributed by atoms with Crippen LogP contribution >= 0.6 is 0 Å². The molecule has 2 heterocycles. The molecule has 0 radical (unpaired) electrons. The van der Waals surface area contributed by atoms with Crippen LogP contribution in [0.25, 0.3) is 0 Å². The Labute approximate surface area is 105 Å². The molecule has 1 N–H and O–H groups in total. The van der Waals surface area contributed by atoms with Crippen LogP contribution in [0.2, 0.25) is 0 Å². The zero-order valence-corrected chi connectivity index (χ0v) is 11.2. The predicted molar refractivity (Wildman–Crippen MR) is 69.7 cm³/mol. The van der Waals surface area contributed by atoms with E-state index in [-0.39, 0.29) is 0 Å². The summed E-state index contributed by atoms with van der Waals surface area (Å²) in [6.07, 6.45) is 4.47. The van der Waals surface area contributed by atoms with Crippen molar-refractivity contribution in [2.24, 2.45) is 17.8 Å². The van der Waals surface area contributed by atoms with Gasteiger partial charge in [-0.05, 0) is 50.6 Å². The highest BCUT2D eigenvalue weighted by Crippen LogP contribution is 2.26. The normalized spacial score (nSPS) is 24.3. The predicted octanol–water partition coefficient (Wildman–Crippen LogP) is 1.88. The quantitative estimate of drug-likeness (QED) is 0.796. The molecule has 0 saturated carbocycles. The molecule has 1 amide bonds. The number of piperidine rings is 2. The highest BCUT2D eigenvalue weighted by atomic mass is 16.2. The lowest BCUT2D eigenvalue weighted by Crippen LogP contribution is -2.45. The average Bonchev–Trinajstić information content (AvgIpc) is 2.39. The van der Waals surface area contributed by atoms with Gasteiger partial charge in [-0.1, -0.05) is 13.8 Å². The molecule has 17 heavy (non-hydrogen) atoms. The molecule has 2 aliphatic heterocycles. The molecule has 3 nitrogen and oxygen atoms in total. The maximum Gasteiger partial charge on any atom is 0.225 e. The van der Waals surface area contributed by atoms with Gasteiger partial charge in [-0.15, -0.1) is 0 Å². The molecule has 0 unspecified atom stereocenters. The summed E-state index contributed by atoms with van der Waals surface area (Å²) in [7, 11) is 0. The Morgan fingerprint density at radius 1 is 1.12 bits per heavy atom. The maximum absolute atomic E-state index is 12.3. The van der Waals surface area contributed by atoms with Gasteiger partial charge in [0.15, 0.2) is 0 Å². The third-order valence-electron chi connectivity index (χ3n) is 4.48. The second-order valence-corrected chi connectivity index (χ2v) is 5.93. The van der Waals surface area contributed by atoms with Crippen molar-refractivity contribution < 1.29 is 4.79 Å². The molecule has 3 heteroatoms. The average molecular weight is 238 g/mol. The highest BCUT2D eigenvalue weighted by Gasteiger charge is 2.29. The fourth-order valence-electron chi connectivity index (χ4n) is 3.11. The first kappa shape index (κ1) is 12.9. The van der Waals surface area contributed by atoms with Gasteiger partial charge in [0.25, 0.3) is 0 Å². The lowest BCUT2D eigenvalue weighted by molar-refractivity contribution is -0.138. The van der Waals surface area contributed by atoms with E-state index in [1.54, 1.807) is 0 Å². The van der Waals surface area contributed by atoms with Gasteiger partial charge in [0.2, 0.25) is 5.91 Å². The van der Waals surface area contributed by atoms with Crippen LogP contribution in [0.1, 0.15) is 39.5 Å². The third-order valence-corrected chi connectivity index (χ3v) is 4.48. The fraction of sp³-hybridized carbons (Fsp3) is 0.929. The second kappa shape index (κ2) is 5.85. The molecule has 0 spiro atoms. The number of nitrogens with one attached hydrogen (secondary N) is 1. The van der Waals surface area contributed by atoms with E-state index >= 15 is 0 Å². The molecule has 0 atom stereocenters. The van der Waals surface area contributed by atoms with Crippen LogP contribution in [0.5, 0.6) is 0 Å². The molecule has 0 aliphatic carbocycles. The molecule has 0 bridgehead atoms. The van der Waals surface area contributed by atoms with Gasteiger partial charge in [0.1, 0.15) is 0 Å². The van der Waals surface area contributed by atoms with Gasteiger partial charge >= 0.3 is 0 Å². The highest BCUT2D eigenvalue weighted by molar-refractivity contribution is 5.79. The Bertz CT molecular complexity index is 251. The van der Waals surface area contributed by atoms with E-state index in [4.69, 9.17) is 0 Å². The van der Waals surface area contributed by atoms with Gasteiger partial charge in [-0.25, -0.2) is 0 Å². The third kappa shape index (κ3) is 3.21. The summed E-state index contributed by atoms with van der Waals surface area (Å²) in [5.41, 5.74) is 0. The number of likely N-dealkylation sites (tertiary alicyclic amines) is 1. The van der Waals surface area contributed by atoms with E-state index < -0.39 is 0 Å². The Hall–Kier alpha value is -0.570. The largest absolute Gasteiger partial charge is 0.342 e. The van der Waals surface area contributed by atoms with Gasteiger partial charge in [0.05, 0.1) is 0 Å². The van der Waals surface area contributed by atoms with Crippen molar-refractivity contribution in [3.63, 3.8) is 0 Å². The summed E-state index contributed by atoms with van der Waals surface area (Å²) in [5.74, 6) is 2.32. The number of rotatable bonds is 2. The summed E-state index contributed by atoms with van der Waals surface area (Å²) in [6, 6.07) is 0. The minimum atomic E-state index is 0.298. The maximum atomic E-state index is 12.3.